The van der Waals surface area contributed by atoms with Crippen LogP contribution in [0, 0.1) is 0 Å². The highest BCUT2D eigenvalue weighted by Gasteiger charge is 2.16. The predicted molar refractivity (Wildman–Crippen MR) is 113 cm³/mol. The molecule has 0 aliphatic heterocycles. The van der Waals surface area contributed by atoms with Crippen LogP contribution in [0.3, 0.4) is 0 Å². The second kappa shape index (κ2) is 8.89. The Morgan fingerprint density at radius 3 is 2.03 bits per heavy atom. The van der Waals surface area contributed by atoms with Gasteiger partial charge in [-0.25, -0.2) is 12.7 Å². The van der Waals surface area contributed by atoms with E-state index < -0.39 is 10.0 Å². The molecule has 29 heavy (non-hydrogen) atoms. The van der Waals surface area contributed by atoms with Crippen LogP contribution in [0.15, 0.2) is 83.8 Å². The van der Waals surface area contributed by atoms with E-state index >= 15 is 0 Å². The fourth-order valence-corrected chi connectivity index (χ4v) is 3.54. The van der Waals surface area contributed by atoms with Gasteiger partial charge in [0.2, 0.25) is 10.0 Å². The van der Waals surface area contributed by atoms with E-state index in [2.05, 4.69) is 5.32 Å². The highest BCUT2D eigenvalue weighted by molar-refractivity contribution is 7.89. The fourth-order valence-electron chi connectivity index (χ4n) is 2.64. The molecule has 0 fully saturated rings. The first kappa shape index (κ1) is 20.6. The number of ether oxygens (including phenoxy) is 1. The molecule has 6 nitrogen and oxygen atoms in total. The van der Waals surface area contributed by atoms with Gasteiger partial charge in [0.05, 0.1) is 4.90 Å². The van der Waals surface area contributed by atoms with E-state index in [4.69, 9.17) is 4.74 Å². The lowest BCUT2D eigenvalue weighted by atomic mass is 10.1. The zero-order valence-corrected chi connectivity index (χ0v) is 17.0. The summed E-state index contributed by atoms with van der Waals surface area (Å²) in [6, 6.07) is 23.5. The van der Waals surface area contributed by atoms with Gasteiger partial charge in [0.1, 0.15) is 5.75 Å². The van der Waals surface area contributed by atoms with Crippen LogP contribution in [0.2, 0.25) is 0 Å². The minimum atomic E-state index is -3.50. The van der Waals surface area contributed by atoms with E-state index in [0.717, 1.165) is 15.4 Å². The van der Waals surface area contributed by atoms with E-state index in [1.54, 1.807) is 12.1 Å². The lowest BCUT2D eigenvalue weighted by Gasteiger charge is -2.12. The van der Waals surface area contributed by atoms with Crippen molar-refractivity contribution in [1.82, 2.24) is 4.31 Å². The molecule has 0 bridgehead atoms. The number of hydrogen-bond donors (Lipinski definition) is 1. The van der Waals surface area contributed by atoms with Crippen molar-refractivity contribution in [1.29, 1.82) is 0 Å². The van der Waals surface area contributed by atoms with Crippen LogP contribution in [0.25, 0.3) is 11.1 Å². The maximum absolute atomic E-state index is 12.1. The van der Waals surface area contributed by atoms with Crippen molar-refractivity contribution < 1.29 is 17.9 Å². The summed E-state index contributed by atoms with van der Waals surface area (Å²) in [6.07, 6.45) is 0. The van der Waals surface area contributed by atoms with Gasteiger partial charge in [-0.15, -0.1) is 0 Å². The molecule has 0 aliphatic carbocycles. The van der Waals surface area contributed by atoms with E-state index in [1.807, 2.05) is 54.6 Å². The topological polar surface area (TPSA) is 75.7 Å². The molecular weight excluding hydrogens is 388 g/mol. The van der Waals surface area contributed by atoms with Crippen LogP contribution < -0.4 is 10.1 Å². The Morgan fingerprint density at radius 2 is 1.45 bits per heavy atom. The Hall–Kier alpha value is -3.16. The first-order valence-electron chi connectivity index (χ1n) is 8.97. The third-order valence-corrected chi connectivity index (χ3v) is 6.08. The summed E-state index contributed by atoms with van der Waals surface area (Å²) < 4.78 is 30.8. The Labute approximate surface area is 170 Å². The zero-order valence-electron chi connectivity index (χ0n) is 16.2. The summed E-state index contributed by atoms with van der Waals surface area (Å²) in [7, 11) is -0.562. The molecule has 1 amide bonds. The van der Waals surface area contributed by atoms with Crippen molar-refractivity contribution in [3.8, 4) is 16.9 Å². The number of anilines is 1. The van der Waals surface area contributed by atoms with Gasteiger partial charge in [0, 0.05) is 19.8 Å². The van der Waals surface area contributed by atoms with Crippen molar-refractivity contribution in [3.05, 3.63) is 78.9 Å². The number of amides is 1. The molecule has 3 rings (SSSR count). The molecule has 0 saturated heterocycles. The molecule has 0 radical (unpaired) electrons. The van der Waals surface area contributed by atoms with Crippen LogP contribution in [0.1, 0.15) is 0 Å². The SMILES string of the molecule is CN(C)S(=O)(=O)c1ccc(NC(=O)COc2ccc(-c3ccccc3)cc2)cc1. The second-order valence-corrected chi connectivity index (χ2v) is 8.69. The minimum absolute atomic E-state index is 0.150. The maximum Gasteiger partial charge on any atom is 0.262 e. The molecule has 0 atom stereocenters. The number of nitrogens with one attached hydrogen (secondary N) is 1. The van der Waals surface area contributed by atoms with E-state index in [9.17, 15) is 13.2 Å². The van der Waals surface area contributed by atoms with Crippen molar-refractivity contribution in [2.45, 2.75) is 4.90 Å². The summed E-state index contributed by atoms with van der Waals surface area (Å²) in [4.78, 5) is 12.3. The van der Waals surface area contributed by atoms with Gasteiger partial charge < -0.3 is 10.1 Å². The van der Waals surface area contributed by atoms with Crippen molar-refractivity contribution >= 4 is 21.6 Å². The molecule has 3 aromatic rings. The number of carbonyl (C=O) groups is 1. The van der Waals surface area contributed by atoms with Crippen LogP contribution in [0.5, 0.6) is 5.75 Å². The molecule has 3 aromatic carbocycles. The number of nitrogens with zero attached hydrogens (tertiary/aromatic N) is 1. The van der Waals surface area contributed by atoms with Gasteiger partial charge in [0.25, 0.3) is 5.91 Å². The molecular formula is C22H22N2O4S. The fraction of sp³-hybridized carbons (Fsp3) is 0.136. The molecule has 0 saturated carbocycles. The number of carbonyl (C=O) groups excluding carboxylic acids is 1. The largest absolute Gasteiger partial charge is 0.484 e. The molecule has 150 valence electrons. The molecule has 0 aliphatic rings. The van der Waals surface area contributed by atoms with Crippen LogP contribution in [-0.4, -0.2) is 39.3 Å². The Morgan fingerprint density at radius 1 is 0.862 bits per heavy atom. The first-order chi connectivity index (χ1) is 13.9. The Balaban J connectivity index is 1.55. The monoisotopic (exact) mass is 410 g/mol. The van der Waals surface area contributed by atoms with E-state index in [1.165, 1.54) is 26.2 Å². The van der Waals surface area contributed by atoms with Crippen molar-refractivity contribution in [3.63, 3.8) is 0 Å². The zero-order chi connectivity index (χ0) is 20.9. The Bertz CT molecular complexity index is 1060. The average Bonchev–Trinajstić information content (AvgIpc) is 2.73. The van der Waals surface area contributed by atoms with Gasteiger partial charge in [-0.1, -0.05) is 42.5 Å². The maximum atomic E-state index is 12.1. The molecule has 0 heterocycles. The summed E-state index contributed by atoms with van der Waals surface area (Å²) in [6.45, 7) is -0.150. The average molecular weight is 410 g/mol. The van der Waals surface area contributed by atoms with Gasteiger partial charge >= 0.3 is 0 Å². The molecule has 0 spiro atoms. The molecule has 0 aromatic heterocycles. The second-order valence-electron chi connectivity index (χ2n) is 6.54. The number of rotatable bonds is 7. The summed E-state index contributed by atoms with van der Waals surface area (Å²) >= 11 is 0. The van der Waals surface area contributed by atoms with Gasteiger partial charge in [0.15, 0.2) is 6.61 Å². The number of hydrogen-bond acceptors (Lipinski definition) is 4. The summed E-state index contributed by atoms with van der Waals surface area (Å²) in [5.74, 6) is 0.257. The lowest BCUT2D eigenvalue weighted by Crippen LogP contribution is -2.22. The number of sulfonamides is 1. The van der Waals surface area contributed by atoms with E-state index in [0.29, 0.717) is 11.4 Å². The van der Waals surface area contributed by atoms with Gasteiger partial charge in [-0.3, -0.25) is 4.79 Å². The normalized spacial score (nSPS) is 11.3. The predicted octanol–water partition coefficient (Wildman–Crippen LogP) is 3.62. The van der Waals surface area contributed by atoms with Crippen LogP contribution in [0.4, 0.5) is 5.69 Å². The first-order valence-corrected chi connectivity index (χ1v) is 10.4. The highest BCUT2D eigenvalue weighted by atomic mass is 32.2. The van der Waals surface area contributed by atoms with Gasteiger partial charge in [-0.05, 0) is 47.5 Å². The standard InChI is InChI=1S/C22H22N2O4S/c1-24(2)29(26,27)21-14-10-19(11-15-21)23-22(25)16-28-20-12-8-18(9-13-20)17-6-4-3-5-7-17/h3-15H,16H2,1-2H3,(H,23,25). The Kier molecular flexibility index (Phi) is 6.31. The van der Waals surface area contributed by atoms with Crippen LogP contribution >= 0.6 is 0 Å². The third kappa shape index (κ3) is 5.22. The number of benzene rings is 3. The summed E-state index contributed by atoms with van der Waals surface area (Å²) in [5, 5.41) is 2.68. The third-order valence-electron chi connectivity index (χ3n) is 4.25. The molecule has 7 heteroatoms. The van der Waals surface area contributed by atoms with Gasteiger partial charge in [-0.2, -0.15) is 0 Å². The minimum Gasteiger partial charge on any atom is -0.484 e. The quantitative estimate of drug-likeness (QED) is 0.645. The van der Waals surface area contributed by atoms with Crippen molar-refractivity contribution in [2.24, 2.45) is 0 Å². The van der Waals surface area contributed by atoms with E-state index in [-0.39, 0.29) is 17.4 Å². The lowest BCUT2D eigenvalue weighted by molar-refractivity contribution is -0.118. The smallest absolute Gasteiger partial charge is 0.262 e. The summed E-state index contributed by atoms with van der Waals surface area (Å²) in [5.41, 5.74) is 2.67. The van der Waals surface area contributed by atoms with Crippen molar-refractivity contribution in [2.75, 3.05) is 26.0 Å². The van der Waals surface area contributed by atoms with Crippen LogP contribution in [-0.2, 0) is 14.8 Å². The molecule has 0 unspecified atom stereocenters. The molecule has 1 N–H and O–H groups in total. The highest BCUT2D eigenvalue weighted by Crippen LogP contribution is 2.22.